The Morgan fingerprint density at radius 1 is 0.351 bits per heavy atom. The summed E-state index contributed by atoms with van der Waals surface area (Å²) in [6.45, 7) is 0. The Morgan fingerprint density at radius 2 is 0.982 bits per heavy atom. The molecule has 266 valence electrons. The molecule has 12 aromatic rings. The molecule has 0 aliphatic carbocycles. The molecule has 0 aliphatic rings. The number of hydrogen-bond donors (Lipinski definition) is 0. The largest absolute Gasteiger partial charge is 0.456 e. The fourth-order valence-corrected chi connectivity index (χ4v) is 8.48. The highest BCUT2D eigenvalue weighted by Crippen LogP contribution is 2.41. The zero-order chi connectivity index (χ0) is 37.5. The van der Waals surface area contributed by atoms with E-state index < -0.39 is 0 Å². The van der Waals surface area contributed by atoms with Gasteiger partial charge in [0.2, 0.25) is 0 Å². The Kier molecular flexibility index (Phi) is 6.83. The topological polar surface area (TPSA) is 69.9 Å². The van der Waals surface area contributed by atoms with Crippen LogP contribution in [0, 0.1) is 0 Å². The van der Waals surface area contributed by atoms with Gasteiger partial charge in [-0.1, -0.05) is 121 Å². The van der Waals surface area contributed by atoms with Crippen molar-refractivity contribution in [1.29, 1.82) is 0 Å². The van der Waals surface area contributed by atoms with E-state index in [2.05, 4.69) is 114 Å². The maximum absolute atomic E-state index is 6.59. The Hall–Kier alpha value is -7.83. The smallest absolute Gasteiger partial charge is 0.164 e. The van der Waals surface area contributed by atoms with Crippen LogP contribution in [0.2, 0.25) is 0 Å². The second-order valence-electron chi connectivity index (χ2n) is 14.4. The lowest BCUT2D eigenvalue weighted by atomic mass is 10.00. The highest BCUT2D eigenvalue weighted by molar-refractivity contribution is 6.15. The van der Waals surface area contributed by atoms with Gasteiger partial charge >= 0.3 is 0 Å². The summed E-state index contributed by atoms with van der Waals surface area (Å²) in [6.07, 6.45) is 0. The maximum Gasteiger partial charge on any atom is 0.164 e. The van der Waals surface area contributed by atoms with Crippen LogP contribution < -0.4 is 0 Å². The summed E-state index contributed by atoms with van der Waals surface area (Å²) in [5.74, 6) is 1.76. The molecule has 0 unspecified atom stereocenters. The van der Waals surface area contributed by atoms with Crippen molar-refractivity contribution in [2.24, 2.45) is 0 Å². The van der Waals surface area contributed by atoms with Gasteiger partial charge in [-0.15, -0.1) is 0 Å². The van der Waals surface area contributed by atoms with Gasteiger partial charge < -0.3 is 13.4 Å². The average Bonchev–Trinajstić information content (AvgIpc) is 3.96. The Balaban J connectivity index is 1.02. The van der Waals surface area contributed by atoms with Crippen LogP contribution in [0.4, 0.5) is 0 Å². The molecule has 0 saturated carbocycles. The number of para-hydroxylation sites is 4. The van der Waals surface area contributed by atoms with E-state index in [9.17, 15) is 0 Å². The molecule has 0 saturated heterocycles. The summed E-state index contributed by atoms with van der Waals surface area (Å²) in [5, 5.41) is 6.47. The Labute approximate surface area is 325 Å². The van der Waals surface area contributed by atoms with E-state index in [1.54, 1.807) is 0 Å². The molecule has 12 rings (SSSR count). The minimum Gasteiger partial charge on any atom is -0.456 e. The molecule has 4 aromatic heterocycles. The second kappa shape index (κ2) is 12.3. The molecule has 6 heteroatoms. The predicted octanol–water partition coefficient (Wildman–Crippen LogP) is 13.4. The molecule has 0 amide bonds. The average molecular weight is 731 g/mol. The molecular formula is C51H30N4O2. The molecule has 8 aromatic carbocycles. The quantitative estimate of drug-likeness (QED) is 0.176. The van der Waals surface area contributed by atoms with Crippen molar-refractivity contribution in [1.82, 2.24) is 19.5 Å². The fourth-order valence-electron chi connectivity index (χ4n) is 8.48. The minimum absolute atomic E-state index is 0.581. The van der Waals surface area contributed by atoms with Crippen LogP contribution >= 0.6 is 0 Å². The highest BCUT2D eigenvalue weighted by Gasteiger charge is 2.20. The number of aromatic nitrogens is 4. The van der Waals surface area contributed by atoms with E-state index in [1.807, 2.05) is 72.8 Å². The van der Waals surface area contributed by atoms with Crippen LogP contribution in [-0.4, -0.2) is 19.5 Å². The lowest BCUT2D eigenvalue weighted by molar-refractivity contribution is 0.668. The molecule has 0 atom stereocenters. The summed E-state index contributed by atoms with van der Waals surface area (Å²) >= 11 is 0. The predicted molar refractivity (Wildman–Crippen MR) is 230 cm³/mol. The third kappa shape index (κ3) is 4.94. The maximum atomic E-state index is 6.59. The first kappa shape index (κ1) is 31.5. The molecule has 0 radical (unpaired) electrons. The summed E-state index contributed by atoms with van der Waals surface area (Å²) in [6, 6.07) is 62.7. The van der Waals surface area contributed by atoms with Crippen molar-refractivity contribution in [3.05, 3.63) is 182 Å². The third-order valence-electron chi connectivity index (χ3n) is 11.1. The van der Waals surface area contributed by atoms with Gasteiger partial charge in [-0.25, -0.2) is 15.0 Å². The fraction of sp³-hybridized carbons (Fsp3) is 0. The number of hydrogen-bond acceptors (Lipinski definition) is 5. The zero-order valence-corrected chi connectivity index (χ0v) is 30.4. The first-order chi connectivity index (χ1) is 28.2. The van der Waals surface area contributed by atoms with Crippen molar-refractivity contribution < 1.29 is 8.83 Å². The van der Waals surface area contributed by atoms with E-state index in [4.69, 9.17) is 23.8 Å². The van der Waals surface area contributed by atoms with Gasteiger partial charge in [-0.05, 0) is 66.2 Å². The third-order valence-corrected chi connectivity index (χ3v) is 11.1. The molecule has 0 bridgehead atoms. The summed E-state index contributed by atoms with van der Waals surface area (Å²) in [5.41, 5.74) is 11.6. The van der Waals surface area contributed by atoms with Crippen LogP contribution in [0.25, 0.3) is 117 Å². The van der Waals surface area contributed by atoms with Crippen molar-refractivity contribution in [2.75, 3.05) is 0 Å². The van der Waals surface area contributed by atoms with Crippen LogP contribution in [0.1, 0.15) is 0 Å². The van der Waals surface area contributed by atoms with Crippen molar-refractivity contribution in [3.8, 4) is 51.0 Å². The van der Waals surface area contributed by atoms with Crippen molar-refractivity contribution >= 4 is 65.7 Å². The van der Waals surface area contributed by atoms with E-state index in [1.165, 1.54) is 21.8 Å². The minimum atomic E-state index is 0.581. The molecule has 0 N–H and O–H groups in total. The number of rotatable bonds is 5. The van der Waals surface area contributed by atoms with E-state index >= 15 is 0 Å². The zero-order valence-electron chi connectivity index (χ0n) is 30.4. The molecule has 0 aliphatic heterocycles. The lowest BCUT2D eigenvalue weighted by Crippen LogP contribution is -2.00. The van der Waals surface area contributed by atoms with Gasteiger partial charge in [0.15, 0.2) is 17.5 Å². The summed E-state index contributed by atoms with van der Waals surface area (Å²) < 4.78 is 15.2. The van der Waals surface area contributed by atoms with Crippen molar-refractivity contribution in [3.63, 3.8) is 0 Å². The van der Waals surface area contributed by atoms with Gasteiger partial charge in [0.05, 0.1) is 11.0 Å². The molecule has 4 heterocycles. The second-order valence-corrected chi connectivity index (χ2v) is 14.4. The highest BCUT2D eigenvalue weighted by atomic mass is 16.3. The van der Waals surface area contributed by atoms with E-state index in [0.717, 1.165) is 77.4 Å². The molecular weight excluding hydrogens is 701 g/mol. The Bertz CT molecular complexity index is 3530. The standard InChI is InChI=1S/C51H30N4O2/c1-3-13-31(14-4-1)49-52-50(54-51(53-49)40-21-12-24-45-47(40)39-18-8-10-23-43(39)56-45)33-26-28-44-41(29-33)37-27-25-32(30-46(37)57-44)35-19-11-20-38-36-17-7-9-22-42(36)55(48(35)38)34-15-5-2-6-16-34/h1-30H. The SMILES string of the molecule is c1ccc(-c2nc(-c3ccc4oc5cc(-c6cccc7c8ccccc8n(-c8ccccc8)c67)ccc5c4c3)nc(-c3cccc4oc5ccccc5c34)n2)cc1. The van der Waals surface area contributed by atoms with Gasteiger partial charge in [-0.2, -0.15) is 0 Å². The van der Waals surface area contributed by atoms with Gasteiger partial charge in [0.25, 0.3) is 0 Å². The van der Waals surface area contributed by atoms with E-state index in [-0.39, 0.29) is 0 Å². The number of fused-ring (bicyclic) bond motifs is 9. The number of furan rings is 2. The van der Waals surface area contributed by atoms with Crippen LogP contribution in [-0.2, 0) is 0 Å². The van der Waals surface area contributed by atoms with E-state index in [0.29, 0.717) is 17.5 Å². The number of nitrogens with zero attached hydrogens (tertiary/aromatic N) is 4. The molecule has 6 nitrogen and oxygen atoms in total. The van der Waals surface area contributed by atoms with Crippen LogP contribution in [0.3, 0.4) is 0 Å². The summed E-state index contributed by atoms with van der Waals surface area (Å²) in [7, 11) is 0. The molecule has 57 heavy (non-hydrogen) atoms. The molecule has 0 spiro atoms. The lowest BCUT2D eigenvalue weighted by Gasteiger charge is -2.11. The summed E-state index contributed by atoms with van der Waals surface area (Å²) in [4.78, 5) is 15.3. The van der Waals surface area contributed by atoms with Crippen LogP contribution in [0.5, 0.6) is 0 Å². The molecule has 0 fully saturated rings. The van der Waals surface area contributed by atoms with Crippen molar-refractivity contribution in [2.45, 2.75) is 0 Å². The number of benzene rings is 8. The first-order valence-electron chi connectivity index (χ1n) is 19.0. The van der Waals surface area contributed by atoms with Gasteiger partial charge in [-0.3, -0.25) is 0 Å². The normalized spacial score (nSPS) is 11.9. The van der Waals surface area contributed by atoms with Gasteiger partial charge in [0, 0.05) is 60.3 Å². The Morgan fingerprint density at radius 3 is 1.86 bits per heavy atom. The first-order valence-corrected chi connectivity index (χ1v) is 19.0. The van der Waals surface area contributed by atoms with Gasteiger partial charge in [0.1, 0.15) is 22.3 Å². The monoisotopic (exact) mass is 730 g/mol. The van der Waals surface area contributed by atoms with Crippen LogP contribution in [0.15, 0.2) is 191 Å².